The van der Waals surface area contributed by atoms with E-state index in [9.17, 15) is 0 Å². The molecular weight excluding hydrogens is 443 g/mol. The predicted octanol–water partition coefficient (Wildman–Crippen LogP) is 2.74. The van der Waals surface area contributed by atoms with Crippen molar-refractivity contribution in [2.75, 3.05) is 20.2 Å². The molecule has 2 N–H and O–H groups in total. The van der Waals surface area contributed by atoms with Crippen LogP contribution in [0.15, 0.2) is 4.99 Å². The third kappa shape index (κ3) is 7.02. The third-order valence-corrected chi connectivity index (χ3v) is 4.67. The molecule has 0 fully saturated rings. The van der Waals surface area contributed by atoms with E-state index in [1.807, 2.05) is 6.92 Å². The quantitative estimate of drug-likeness (QED) is 0.342. The summed E-state index contributed by atoms with van der Waals surface area (Å²) in [5.74, 6) is 3.43. The molecule has 0 spiro atoms. The highest BCUT2D eigenvalue weighted by molar-refractivity contribution is 14.0. The zero-order valence-electron chi connectivity index (χ0n) is 16.6. The Balaban J connectivity index is 0.00000338. The number of nitrogens with one attached hydrogen (secondary N) is 2. The van der Waals surface area contributed by atoms with Gasteiger partial charge in [0.1, 0.15) is 5.82 Å². The molecule has 0 saturated heterocycles. The number of hydrogen-bond acceptors (Lipinski definition) is 4. The van der Waals surface area contributed by atoms with Crippen molar-refractivity contribution in [1.82, 2.24) is 25.4 Å². The monoisotopic (exact) mass is 478 g/mol. The molecule has 2 rings (SSSR count). The predicted molar refractivity (Wildman–Crippen MR) is 116 cm³/mol. The van der Waals surface area contributed by atoms with Crippen molar-refractivity contribution in [2.45, 2.75) is 72.1 Å². The molecule has 7 nitrogen and oxygen atoms in total. The fourth-order valence-electron chi connectivity index (χ4n) is 3.22. The van der Waals surface area contributed by atoms with Gasteiger partial charge in [0, 0.05) is 33.2 Å². The largest absolute Gasteiger partial charge is 0.378 e. The molecule has 0 radical (unpaired) electrons. The van der Waals surface area contributed by atoms with Gasteiger partial charge in [-0.15, -0.1) is 34.2 Å². The Hall–Kier alpha value is -0.900. The van der Waals surface area contributed by atoms with E-state index >= 15 is 0 Å². The molecule has 1 aliphatic heterocycles. The van der Waals surface area contributed by atoms with Crippen LogP contribution in [0, 0.1) is 5.92 Å². The Kier molecular flexibility index (Phi) is 11.1. The Morgan fingerprint density at radius 1 is 1.23 bits per heavy atom. The molecule has 0 amide bonds. The minimum absolute atomic E-state index is 0. The van der Waals surface area contributed by atoms with Crippen molar-refractivity contribution < 1.29 is 4.74 Å². The molecule has 0 bridgehead atoms. The second-order valence-electron chi connectivity index (χ2n) is 6.87. The molecule has 1 aliphatic rings. The zero-order valence-corrected chi connectivity index (χ0v) is 19.0. The number of rotatable bonds is 8. The average Bonchev–Trinajstić information content (AvgIpc) is 2.83. The van der Waals surface area contributed by atoms with Crippen LogP contribution in [0.4, 0.5) is 0 Å². The first-order valence-electron chi connectivity index (χ1n) is 9.62. The summed E-state index contributed by atoms with van der Waals surface area (Å²) in [4.78, 5) is 4.30. The van der Waals surface area contributed by atoms with E-state index < -0.39 is 0 Å². The van der Waals surface area contributed by atoms with Gasteiger partial charge in [-0.05, 0) is 32.1 Å². The number of halogens is 1. The molecule has 0 aromatic carbocycles. The lowest BCUT2D eigenvalue weighted by Gasteiger charge is -2.21. The molecule has 1 unspecified atom stereocenters. The Morgan fingerprint density at radius 2 is 2.04 bits per heavy atom. The van der Waals surface area contributed by atoms with E-state index in [-0.39, 0.29) is 30.1 Å². The number of ether oxygens (including phenoxy) is 1. The number of aliphatic imine (C=N–C) groups is 1. The fraction of sp³-hybridized carbons (Fsp3) is 0.833. The fourth-order valence-corrected chi connectivity index (χ4v) is 3.22. The van der Waals surface area contributed by atoms with Gasteiger partial charge >= 0.3 is 0 Å². The highest BCUT2D eigenvalue weighted by atomic mass is 127. The molecule has 8 heteroatoms. The van der Waals surface area contributed by atoms with Gasteiger partial charge < -0.3 is 19.9 Å². The summed E-state index contributed by atoms with van der Waals surface area (Å²) >= 11 is 0. The van der Waals surface area contributed by atoms with E-state index in [0.29, 0.717) is 12.5 Å². The summed E-state index contributed by atoms with van der Waals surface area (Å²) in [5.41, 5.74) is 0. The number of aromatic nitrogens is 3. The lowest BCUT2D eigenvalue weighted by Crippen LogP contribution is -2.39. The SMILES string of the molecule is CCOC(CCNC(=NC)NCc1nnc2n1CCCCC2)C(C)C.I. The van der Waals surface area contributed by atoms with Gasteiger partial charge in [-0.25, -0.2) is 0 Å². The smallest absolute Gasteiger partial charge is 0.191 e. The minimum atomic E-state index is 0. The van der Waals surface area contributed by atoms with Crippen molar-refractivity contribution in [1.29, 1.82) is 0 Å². The number of aryl methyl sites for hydroxylation is 1. The Labute approximate surface area is 174 Å². The molecule has 150 valence electrons. The summed E-state index contributed by atoms with van der Waals surface area (Å²) in [7, 11) is 1.79. The van der Waals surface area contributed by atoms with Crippen LogP contribution in [0.1, 0.15) is 58.1 Å². The first kappa shape index (κ1) is 23.1. The van der Waals surface area contributed by atoms with Crippen molar-refractivity contribution >= 4 is 29.9 Å². The minimum Gasteiger partial charge on any atom is -0.378 e. The normalized spacial score (nSPS) is 15.8. The molecule has 2 heterocycles. The number of guanidine groups is 1. The number of hydrogen-bond donors (Lipinski definition) is 2. The second kappa shape index (κ2) is 12.5. The maximum Gasteiger partial charge on any atom is 0.191 e. The van der Waals surface area contributed by atoms with Crippen LogP contribution in [0.3, 0.4) is 0 Å². The van der Waals surface area contributed by atoms with Crippen molar-refractivity contribution in [3.05, 3.63) is 11.6 Å². The Morgan fingerprint density at radius 3 is 2.73 bits per heavy atom. The molecule has 26 heavy (non-hydrogen) atoms. The van der Waals surface area contributed by atoms with E-state index in [1.165, 1.54) is 19.3 Å². The van der Waals surface area contributed by atoms with Gasteiger partial charge in [-0.3, -0.25) is 4.99 Å². The van der Waals surface area contributed by atoms with Gasteiger partial charge in [0.25, 0.3) is 0 Å². The first-order chi connectivity index (χ1) is 12.2. The second-order valence-corrected chi connectivity index (χ2v) is 6.87. The summed E-state index contributed by atoms with van der Waals surface area (Å²) in [6, 6.07) is 0. The van der Waals surface area contributed by atoms with Crippen molar-refractivity contribution in [3.8, 4) is 0 Å². The lowest BCUT2D eigenvalue weighted by atomic mass is 10.0. The van der Waals surface area contributed by atoms with E-state index in [0.717, 1.165) is 50.1 Å². The van der Waals surface area contributed by atoms with Crippen LogP contribution in [-0.4, -0.2) is 47.0 Å². The van der Waals surface area contributed by atoms with E-state index in [1.54, 1.807) is 7.05 Å². The topological polar surface area (TPSA) is 76.4 Å². The maximum atomic E-state index is 5.79. The van der Waals surface area contributed by atoms with Crippen molar-refractivity contribution in [2.24, 2.45) is 10.9 Å². The highest BCUT2D eigenvalue weighted by Crippen LogP contribution is 2.14. The zero-order chi connectivity index (χ0) is 18.1. The van der Waals surface area contributed by atoms with E-state index in [4.69, 9.17) is 4.74 Å². The van der Waals surface area contributed by atoms with Crippen LogP contribution >= 0.6 is 24.0 Å². The summed E-state index contributed by atoms with van der Waals surface area (Å²) in [6.45, 7) is 9.70. The first-order valence-corrected chi connectivity index (χ1v) is 9.62. The highest BCUT2D eigenvalue weighted by Gasteiger charge is 2.15. The molecule has 0 aliphatic carbocycles. The van der Waals surface area contributed by atoms with Gasteiger partial charge in [0.15, 0.2) is 11.8 Å². The molecule has 1 atom stereocenters. The molecule has 0 saturated carbocycles. The van der Waals surface area contributed by atoms with Gasteiger partial charge in [0.05, 0.1) is 12.6 Å². The van der Waals surface area contributed by atoms with Crippen LogP contribution in [0.25, 0.3) is 0 Å². The summed E-state index contributed by atoms with van der Waals surface area (Å²) in [6.07, 6.45) is 5.98. The maximum absolute atomic E-state index is 5.79. The average molecular weight is 478 g/mol. The summed E-state index contributed by atoms with van der Waals surface area (Å²) in [5, 5.41) is 15.4. The van der Waals surface area contributed by atoms with Crippen molar-refractivity contribution in [3.63, 3.8) is 0 Å². The molecular formula is C18H35IN6O. The number of nitrogens with zero attached hydrogens (tertiary/aromatic N) is 4. The third-order valence-electron chi connectivity index (χ3n) is 4.67. The van der Waals surface area contributed by atoms with Gasteiger partial charge in [-0.1, -0.05) is 20.3 Å². The Bertz CT molecular complexity index is 546. The van der Waals surface area contributed by atoms with Crippen LogP contribution in [0.5, 0.6) is 0 Å². The van der Waals surface area contributed by atoms with Crippen LogP contribution in [-0.2, 0) is 24.2 Å². The number of fused-ring (bicyclic) bond motifs is 1. The summed E-state index contributed by atoms with van der Waals surface area (Å²) < 4.78 is 8.05. The van der Waals surface area contributed by atoms with Gasteiger partial charge in [-0.2, -0.15) is 0 Å². The molecule has 1 aromatic rings. The van der Waals surface area contributed by atoms with E-state index in [2.05, 4.69) is 44.2 Å². The van der Waals surface area contributed by atoms with Crippen LogP contribution in [0.2, 0.25) is 0 Å². The molecule has 1 aromatic heterocycles. The lowest BCUT2D eigenvalue weighted by molar-refractivity contribution is 0.0258. The van der Waals surface area contributed by atoms with Gasteiger partial charge in [0.2, 0.25) is 0 Å². The standard InChI is InChI=1S/C18H34N6O.HI/c1-5-25-15(14(2)3)10-11-20-18(19-4)21-13-17-23-22-16-9-7-6-8-12-24(16)17;/h14-15H,5-13H2,1-4H3,(H2,19,20,21);1H. The van der Waals surface area contributed by atoms with Crippen LogP contribution < -0.4 is 10.6 Å².